The molecule has 0 saturated heterocycles. The van der Waals surface area contributed by atoms with Crippen molar-refractivity contribution in [2.75, 3.05) is 0 Å². The van der Waals surface area contributed by atoms with Crippen molar-refractivity contribution in [3.05, 3.63) is 47.5 Å². The summed E-state index contributed by atoms with van der Waals surface area (Å²) in [6, 6.07) is 9.11. The summed E-state index contributed by atoms with van der Waals surface area (Å²) in [7, 11) is 0. The molecule has 1 unspecified atom stereocenters. The summed E-state index contributed by atoms with van der Waals surface area (Å²) in [6.07, 6.45) is 1.45. The van der Waals surface area contributed by atoms with Crippen LogP contribution in [0, 0.1) is 11.6 Å². The van der Waals surface area contributed by atoms with E-state index in [0.717, 1.165) is 5.56 Å². The molecule has 0 aromatic heterocycles. The Labute approximate surface area is 140 Å². The van der Waals surface area contributed by atoms with E-state index in [1.807, 2.05) is 44.2 Å². The van der Waals surface area contributed by atoms with Crippen molar-refractivity contribution >= 4 is 11.5 Å². The summed E-state index contributed by atoms with van der Waals surface area (Å²) in [5.74, 6) is -0.572. The van der Waals surface area contributed by atoms with E-state index in [1.54, 1.807) is 0 Å². The zero-order valence-corrected chi connectivity index (χ0v) is 14.7. The van der Waals surface area contributed by atoms with Crippen LogP contribution in [0.15, 0.2) is 30.3 Å². The molecule has 1 aromatic carbocycles. The van der Waals surface area contributed by atoms with Crippen LogP contribution >= 0.6 is 0 Å². The minimum atomic E-state index is -0.496. The number of carbonyl (C=O) groups excluding carboxylic acids is 1. The second kappa shape index (κ2) is 11.0. The molecule has 0 heterocycles. The summed E-state index contributed by atoms with van der Waals surface area (Å²) < 4.78 is 0. The Morgan fingerprint density at radius 3 is 2.11 bits per heavy atom. The van der Waals surface area contributed by atoms with Gasteiger partial charge in [-0.25, -0.2) is 0 Å². The smallest absolute Gasteiger partial charge is 0.110 e. The fraction of sp³-hybridized carbons (Fsp3) is 0.357. The van der Waals surface area contributed by atoms with E-state index in [4.69, 9.17) is 5.21 Å². The van der Waals surface area contributed by atoms with Gasteiger partial charge in [-0.05, 0) is 13.8 Å². The predicted molar refractivity (Wildman–Crippen MR) is 71.6 cm³/mol. The summed E-state index contributed by atoms with van der Waals surface area (Å²) in [6.45, 7) is 6.90. The van der Waals surface area contributed by atoms with Crippen molar-refractivity contribution in [3.63, 3.8) is 0 Å². The summed E-state index contributed by atoms with van der Waals surface area (Å²) >= 11 is 0. The number of Topliss-reactive ketones (excluding diaryl/α,β-unsaturated/α-hetero) is 1. The number of benzene rings is 1. The van der Waals surface area contributed by atoms with Crippen molar-refractivity contribution in [1.29, 1.82) is 0 Å². The van der Waals surface area contributed by atoms with Gasteiger partial charge in [-0.1, -0.05) is 55.7 Å². The Hall–Kier alpha value is -0.866. The Morgan fingerprint density at radius 1 is 1.26 bits per heavy atom. The quantitative estimate of drug-likeness (QED) is 0.302. The van der Waals surface area contributed by atoms with Gasteiger partial charge in [0.1, 0.15) is 5.78 Å². The third kappa shape index (κ3) is 7.33. The first-order chi connectivity index (χ1) is 8.52. The van der Waals surface area contributed by atoms with Gasteiger partial charge in [0.05, 0.1) is 5.71 Å². The first-order valence-electron chi connectivity index (χ1n) is 5.92. The number of rotatable bonds is 4. The molecule has 19 heavy (non-hydrogen) atoms. The molecule has 0 bridgehead atoms. The van der Waals surface area contributed by atoms with Crippen LogP contribution in [0.3, 0.4) is 0 Å². The Bertz CT molecular complexity index is 400. The SMILES string of the molecule is CC.CC(=O)C([CH-]/C(C)=[N+](/[O-])O)c1ccccc1.[Y]. The molecule has 4 nitrogen and oxygen atoms in total. The molecule has 1 N–H and O–H groups in total. The topological polar surface area (TPSA) is 63.4 Å². The summed E-state index contributed by atoms with van der Waals surface area (Å²) in [5.41, 5.74) is 0.903. The van der Waals surface area contributed by atoms with Crippen molar-refractivity contribution in [2.45, 2.75) is 33.6 Å². The van der Waals surface area contributed by atoms with Crippen LogP contribution in [0.2, 0.25) is 0 Å². The molecule has 1 rings (SSSR count). The zero-order valence-electron chi connectivity index (χ0n) is 11.8. The van der Waals surface area contributed by atoms with Crippen LogP contribution in [0.1, 0.15) is 39.2 Å². The summed E-state index contributed by atoms with van der Waals surface area (Å²) in [5, 5.41) is 19.3. The minimum absolute atomic E-state index is 0. The average molecular weight is 339 g/mol. The maximum atomic E-state index is 11.5. The molecule has 1 aromatic rings. The molecule has 0 aliphatic carbocycles. The van der Waals surface area contributed by atoms with E-state index in [2.05, 4.69) is 0 Å². The van der Waals surface area contributed by atoms with Crippen LogP contribution in [0.5, 0.6) is 0 Å². The zero-order chi connectivity index (χ0) is 14.1. The van der Waals surface area contributed by atoms with Gasteiger partial charge < -0.3 is 10.0 Å². The molecule has 0 aliphatic heterocycles. The fourth-order valence-corrected chi connectivity index (χ4v) is 1.41. The second-order valence-electron chi connectivity index (χ2n) is 3.58. The average Bonchev–Trinajstić information content (AvgIpc) is 2.38. The van der Waals surface area contributed by atoms with Crippen LogP contribution < -0.4 is 0 Å². The Balaban J connectivity index is 0. The standard InChI is InChI=1S/C12H14NO3.C2H6.Y/c1-9(13(15)16)8-12(10(2)14)11-6-4-3-5-7-11;1-2;/h3-8,12H,1-2H3,(H,15,16);1-2H3;/q-1;;. The van der Waals surface area contributed by atoms with Gasteiger partial charge in [-0.3, -0.25) is 11.6 Å². The maximum Gasteiger partial charge on any atom is 0.110 e. The van der Waals surface area contributed by atoms with E-state index in [0.29, 0.717) is 0 Å². The van der Waals surface area contributed by atoms with Crippen LogP contribution in [-0.2, 0) is 37.5 Å². The van der Waals surface area contributed by atoms with Crippen LogP contribution in [0.25, 0.3) is 0 Å². The van der Waals surface area contributed by atoms with Crippen molar-refractivity contribution in [3.8, 4) is 0 Å². The molecule has 0 saturated carbocycles. The predicted octanol–water partition coefficient (Wildman–Crippen LogP) is 2.95. The number of ketones is 1. The van der Waals surface area contributed by atoms with Gasteiger partial charge in [0, 0.05) is 37.6 Å². The largest absolute Gasteiger partial charge is 0.420 e. The molecule has 5 heteroatoms. The van der Waals surface area contributed by atoms with Gasteiger partial charge in [0.2, 0.25) is 0 Å². The fourth-order valence-electron chi connectivity index (χ4n) is 1.41. The van der Waals surface area contributed by atoms with Gasteiger partial charge in [-0.15, -0.1) is 0 Å². The number of carbonyl (C=O) groups is 1. The van der Waals surface area contributed by atoms with Gasteiger partial charge >= 0.3 is 0 Å². The van der Waals surface area contributed by atoms with E-state index in [-0.39, 0.29) is 49.1 Å². The molecular formula is C14H20NO3Y-. The molecular weight excluding hydrogens is 319 g/mol. The van der Waals surface area contributed by atoms with Gasteiger partial charge in [0.15, 0.2) is 0 Å². The maximum absolute atomic E-state index is 11.5. The monoisotopic (exact) mass is 339 g/mol. The molecule has 0 fully saturated rings. The molecule has 103 valence electrons. The van der Waals surface area contributed by atoms with E-state index in [1.165, 1.54) is 20.3 Å². The second-order valence-corrected chi connectivity index (χ2v) is 3.58. The number of hydrogen-bond donors (Lipinski definition) is 1. The molecule has 0 aliphatic rings. The van der Waals surface area contributed by atoms with E-state index in [9.17, 15) is 10.0 Å². The van der Waals surface area contributed by atoms with Crippen LogP contribution in [-0.4, -0.2) is 21.6 Å². The summed E-state index contributed by atoms with van der Waals surface area (Å²) in [4.78, 5) is 11.2. The third-order valence-corrected chi connectivity index (χ3v) is 2.31. The first kappa shape index (κ1) is 20.5. The Morgan fingerprint density at radius 2 is 1.74 bits per heavy atom. The van der Waals surface area contributed by atoms with E-state index >= 15 is 0 Å². The number of hydrogen-bond acceptors (Lipinski definition) is 3. The molecule has 1 atom stereocenters. The number of nitrogens with zero attached hydrogens (tertiary/aromatic N) is 1. The van der Waals surface area contributed by atoms with Crippen molar-refractivity contribution in [1.82, 2.24) is 0 Å². The Kier molecular flexibility index (Phi) is 11.8. The van der Waals surface area contributed by atoms with Gasteiger partial charge in [0.25, 0.3) is 0 Å². The molecule has 1 radical (unpaired) electrons. The minimum Gasteiger partial charge on any atom is -0.420 e. The van der Waals surface area contributed by atoms with Crippen molar-refractivity contribution < 1.29 is 47.6 Å². The van der Waals surface area contributed by atoms with Gasteiger partial charge in [-0.2, -0.15) is 0 Å². The first-order valence-corrected chi connectivity index (χ1v) is 5.92. The normalized spacial score (nSPS) is 12.0. The molecule has 0 spiro atoms. The van der Waals surface area contributed by atoms with Crippen molar-refractivity contribution in [2.24, 2.45) is 0 Å². The third-order valence-electron chi connectivity index (χ3n) is 2.31. The molecule has 0 amide bonds. The van der Waals surface area contributed by atoms with Crippen LogP contribution in [0.4, 0.5) is 0 Å². The van der Waals surface area contributed by atoms with E-state index < -0.39 is 5.92 Å².